The lowest BCUT2D eigenvalue weighted by atomic mass is 10.0. The Morgan fingerprint density at radius 2 is 1.73 bits per heavy atom. The zero-order valence-electron chi connectivity index (χ0n) is 14.6. The molecule has 0 unspecified atom stereocenters. The van der Waals surface area contributed by atoms with Gasteiger partial charge in [-0.3, -0.25) is 0 Å². The summed E-state index contributed by atoms with van der Waals surface area (Å²) in [4.78, 5) is 15.4. The maximum Gasteiger partial charge on any atom is 0.351 e. The Morgan fingerprint density at radius 1 is 1.12 bits per heavy atom. The second kappa shape index (κ2) is 7.16. The highest BCUT2D eigenvalue weighted by Crippen LogP contribution is 2.40. The van der Waals surface area contributed by atoms with Crippen molar-refractivity contribution in [2.75, 3.05) is 0 Å². The van der Waals surface area contributed by atoms with Crippen molar-refractivity contribution in [3.63, 3.8) is 0 Å². The van der Waals surface area contributed by atoms with E-state index < -0.39 is 5.97 Å². The van der Waals surface area contributed by atoms with Crippen molar-refractivity contribution >= 4 is 11.7 Å². The van der Waals surface area contributed by atoms with E-state index in [1.54, 1.807) is 35.9 Å². The molecule has 0 fully saturated rings. The van der Waals surface area contributed by atoms with Crippen LogP contribution < -0.4 is 4.74 Å². The summed E-state index contributed by atoms with van der Waals surface area (Å²) < 4.78 is 7.37. The van der Waals surface area contributed by atoms with Crippen molar-refractivity contribution in [2.24, 2.45) is 7.05 Å². The summed E-state index contributed by atoms with van der Waals surface area (Å²) in [5, 5.41) is 9.64. The highest BCUT2D eigenvalue weighted by atomic mass is 16.5. The fraction of sp³-hybridized carbons (Fsp3) is 0.143. The minimum Gasteiger partial charge on any atom is -0.477 e. The smallest absolute Gasteiger partial charge is 0.351 e. The van der Waals surface area contributed by atoms with Gasteiger partial charge in [-0.15, -0.1) is 0 Å². The minimum absolute atomic E-state index is 0.129. The molecular formula is C21H18N2O3. The lowest BCUT2D eigenvalue weighted by Crippen LogP contribution is -2.07. The molecule has 2 aromatic carbocycles. The second-order valence-electron chi connectivity index (χ2n) is 5.79. The molecule has 0 saturated carbocycles. The Kier molecular flexibility index (Phi) is 4.76. The van der Waals surface area contributed by atoms with Crippen molar-refractivity contribution in [2.45, 2.75) is 13.3 Å². The summed E-state index contributed by atoms with van der Waals surface area (Å²) in [5.74, 6) is 0.325. The third-order valence-corrected chi connectivity index (χ3v) is 4.26. The van der Waals surface area contributed by atoms with E-state index >= 15 is 0 Å². The van der Waals surface area contributed by atoms with E-state index in [0.29, 0.717) is 29.0 Å². The summed E-state index contributed by atoms with van der Waals surface area (Å²) in [6.07, 6.45) is 0.587. The number of carboxylic acids is 1. The maximum atomic E-state index is 11.8. The predicted molar refractivity (Wildman–Crippen MR) is 100.0 cm³/mol. The van der Waals surface area contributed by atoms with Crippen LogP contribution in [0.2, 0.25) is 0 Å². The fourth-order valence-corrected chi connectivity index (χ4v) is 3.08. The van der Waals surface area contributed by atoms with Gasteiger partial charge in [-0.25, -0.2) is 9.64 Å². The Morgan fingerprint density at radius 3 is 2.27 bits per heavy atom. The number of aromatic carboxylic acids is 1. The predicted octanol–water partition coefficient (Wildman–Crippen LogP) is 5.30. The van der Waals surface area contributed by atoms with Crippen LogP contribution in [-0.4, -0.2) is 15.6 Å². The number of rotatable bonds is 5. The van der Waals surface area contributed by atoms with Gasteiger partial charge in [0.15, 0.2) is 0 Å². The molecule has 0 radical (unpaired) electrons. The molecule has 3 aromatic rings. The van der Waals surface area contributed by atoms with E-state index in [9.17, 15) is 9.90 Å². The molecule has 1 heterocycles. The molecule has 5 heteroatoms. The summed E-state index contributed by atoms with van der Waals surface area (Å²) in [6, 6.07) is 16.5. The van der Waals surface area contributed by atoms with Crippen LogP contribution in [0.1, 0.15) is 23.1 Å². The van der Waals surface area contributed by atoms with Gasteiger partial charge in [0, 0.05) is 18.3 Å². The van der Waals surface area contributed by atoms with Gasteiger partial charge in [0.25, 0.3) is 0 Å². The normalized spacial score (nSPS) is 10.3. The second-order valence-corrected chi connectivity index (χ2v) is 5.79. The summed E-state index contributed by atoms with van der Waals surface area (Å²) >= 11 is 0. The first-order valence-corrected chi connectivity index (χ1v) is 8.22. The zero-order valence-corrected chi connectivity index (χ0v) is 14.6. The van der Waals surface area contributed by atoms with E-state index in [1.807, 2.05) is 37.3 Å². The summed E-state index contributed by atoms with van der Waals surface area (Å²) in [5.41, 5.74) is 2.38. The van der Waals surface area contributed by atoms with E-state index in [4.69, 9.17) is 11.3 Å². The van der Waals surface area contributed by atoms with Crippen LogP contribution in [0, 0.1) is 6.57 Å². The van der Waals surface area contributed by atoms with Crippen LogP contribution in [0.3, 0.4) is 0 Å². The van der Waals surface area contributed by atoms with E-state index in [2.05, 4.69) is 4.85 Å². The van der Waals surface area contributed by atoms with Crippen molar-refractivity contribution < 1.29 is 14.6 Å². The maximum absolute atomic E-state index is 11.8. The van der Waals surface area contributed by atoms with Gasteiger partial charge in [0.2, 0.25) is 5.69 Å². The van der Waals surface area contributed by atoms with Crippen molar-refractivity contribution in [3.05, 3.63) is 77.4 Å². The SMILES string of the molecule is [C-]#[N+]c1c(-c2ccc(Oc3ccccc3)cc2)c(C(=O)O)n(C)c1CC. The Bertz CT molecular complexity index is 981. The van der Waals surface area contributed by atoms with E-state index in [1.165, 1.54) is 0 Å². The molecule has 5 nitrogen and oxygen atoms in total. The number of para-hydroxylation sites is 1. The highest BCUT2D eigenvalue weighted by Gasteiger charge is 2.25. The molecule has 0 bridgehead atoms. The molecule has 0 saturated heterocycles. The van der Waals surface area contributed by atoms with Crippen LogP contribution in [0.4, 0.5) is 5.69 Å². The number of hydrogen-bond donors (Lipinski definition) is 1. The standard InChI is InChI=1S/C21H18N2O3/c1-4-17-19(22-2)18(20(21(24)25)23(17)3)14-10-12-16(13-11-14)26-15-8-6-5-7-9-15/h5-13H,4H2,1,3H3,(H,24,25). The average Bonchev–Trinajstić information content (AvgIpc) is 2.94. The van der Waals surface area contributed by atoms with E-state index in [-0.39, 0.29) is 5.69 Å². The van der Waals surface area contributed by atoms with Crippen LogP contribution in [0.15, 0.2) is 54.6 Å². The van der Waals surface area contributed by atoms with Crippen LogP contribution in [-0.2, 0) is 13.5 Å². The highest BCUT2D eigenvalue weighted by molar-refractivity contribution is 6.00. The molecule has 3 rings (SSSR count). The first-order valence-electron chi connectivity index (χ1n) is 8.22. The molecule has 1 N–H and O–H groups in total. The summed E-state index contributed by atoms with van der Waals surface area (Å²) in [7, 11) is 1.69. The molecule has 0 atom stereocenters. The Labute approximate surface area is 151 Å². The minimum atomic E-state index is -1.04. The van der Waals surface area contributed by atoms with Gasteiger partial charge in [-0.2, -0.15) is 0 Å². The molecule has 1 aromatic heterocycles. The number of hydrogen-bond acceptors (Lipinski definition) is 2. The molecule has 0 aliphatic rings. The number of nitrogens with zero attached hydrogens (tertiary/aromatic N) is 2. The quantitative estimate of drug-likeness (QED) is 0.638. The molecule has 0 spiro atoms. The monoisotopic (exact) mass is 346 g/mol. The van der Waals surface area contributed by atoms with Crippen LogP contribution >= 0.6 is 0 Å². The van der Waals surface area contributed by atoms with Crippen molar-refractivity contribution in [1.29, 1.82) is 0 Å². The third-order valence-electron chi connectivity index (χ3n) is 4.26. The topological polar surface area (TPSA) is 55.8 Å². The third kappa shape index (κ3) is 3.05. The molecule has 0 aliphatic carbocycles. The largest absolute Gasteiger partial charge is 0.477 e. The van der Waals surface area contributed by atoms with Gasteiger partial charge in [-0.05, 0) is 36.2 Å². The number of aromatic nitrogens is 1. The Hall–Kier alpha value is -3.52. The molecular weight excluding hydrogens is 328 g/mol. The van der Waals surface area contributed by atoms with E-state index in [0.717, 1.165) is 11.4 Å². The lowest BCUT2D eigenvalue weighted by Gasteiger charge is -2.08. The molecule has 0 amide bonds. The lowest BCUT2D eigenvalue weighted by molar-refractivity contribution is 0.0687. The number of ether oxygens (including phenoxy) is 1. The van der Waals surface area contributed by atoms with Gasteiger partial charge in [-0.1, -0.05) is 37.3 Å². The Balaban J connectivity index is 2.04. The van der Waals surface area contributed by atoms with Crippen LogP contribution in [0.5, 0.6) is 11.5 Å². The fourth-order valence-electron chi connectivity index (χ4n) is 3.08. The molecule has 26 heavy (non-hydrogen) atoms. The number of benzene rings is 2. The number of carbonyl (C=O) groups is 1. The zero-order chi connectivity index (χ0) is 18.7. The first-order chi connectivity index (χ1) is 12.6. The molecule has 130 valence electrons. The molecule has 0 aliphatic heterocycles. The van der Waals surface area contributed by atoms with Gasteiger partial charge >= 0.3 is 5.97 Å². The van der Waals surface area contributed by atoms with Gasteiger partial charge < -0.3 is 14.4 Å². The van der Waals surface area contributed by atoms with Crippen LogP contribution in [0.25, 0.3) is 16.0 Å². The summed E-state index contributed by atoms with van der Waals surface area (Å²) in [6.45, 7) is 9.43. The number of carboxylic acid groups (broad SMARTS) is 1. The van der Waals surface area contributed by atoms with Gasteiger partial charge in [0.05, 0.1) is 6.57 Å². The first kappa shape index (κ1) is 17.3. The average molecular weight is 346 g/mol. The van der Waals surface area contributed by atoms with Crippen molar-refractivity contribution in [3.8, 4) is 22.6 Å². The van der Waals surface area contributed by atoms with Gasteiger partial charge in [0.1, 0.15) is 17.2 Å². The van der Waals surface area contributed by atoms with Crippen molar-refractivity contribution in [1.82, 2.24) is 4.57 Å².